The van der Waals surface area contributed by atoms with Crippen LogP contribution in [0.25, 0.3) is 32.7 Å². The first kappa shape index (κ1) is 20.4. The molecule has 0 saturated carbocycles. The lowest BCUT2D eigenvalue weighted by atomic mass is 9.99. The van der Waals surface area contributed by atoms with Crippen LogP contribution in [0.5, 0.6) is 0 Å². The molecule has 0 fully saturated rings. The Labute approximate surface area is 179 Å². The fourth-order valence-corrected chi connectivity index (χ4v) is 4.14. The van der Waals surface area contributed by atoms with Crippen LogP contribution in [0.1, 0.15) is 21.5 Å². The van der Waals surface area contributed by atoms with E-state index in [1.165, 1.54) is 7.11 Å². The molecule has 158 valence electrons. The number of nitrogens with one attached hydrogen (secondary N) is 2. The molecule has 0 unspecified atom stereocenters. The molecule has 2 aromatic heterocycles. The Kier molecular flexibility index (Phi) is 5.10. The maximum Gasteiger partial charge on any atom is 0.337 e. The van der Waals surface area contributed by atoms with Crippen LogP contribution < -0.4 is 10.5 Å². The smallest absolute Gasteiger partial charge is 0.337 e. The van der Waals surface area contributed by atoms with Gasteiger partial charge in [-0.3, -0.25) is 9.78 Å². The predicted molar refractivity (Wildman–Crippen MR) is 125 cm³/mol. The average molecular weight is 416 g/mol. The minimum atomic E-state index is -0.396. The number of nitrogens with zero attached hydrogens (tertiary/aromatic N) is 2. The summed E-state index contributed by atoms with van der Waals surface area (Å²) in [5, 5.41) is 2.37. The maximum absolute atomic E-state index is 13.1. The van der Waals surface area contributed by atoms with Gasteiger partial charge in [-0.05, 0) is 43.2 Å². The molecule has 0 bridgehead atoms. The number of H-pyrrole nitrogens is 2. The Morgan fingerprint density at radius 3 is 2.48 bits per heavy atom. The lowest BCUT2D eigenvalue weighted by Gasteiger charge is -2.20. The second kappa shape index (κ2) is 7.75. The lowest BCUT2D eigenvalue weighted by Crippen LogP contribution is -2.28. The van der Waals surface area contributed by atoms with Crippen LogP contribution in [0.4, 0.5) is 5.95 Å². The Bertz CT molecular complexity index is 1420. The summed E-state index contributed by atoms with van der Waals surface area (Å²) in [6, 6.07) is 5.39. The second-order valence-electron chi connectivity index (χ2n) is 7.47. The van der Waals surface area contributed by atoms with Crippen LogP contribution in [-0.4, -0.2) is 41.1 Å². The third-order valence-corrected chi connectivity index (χ3v) is 5.61. The average Bonchev–Trinajstić information content (AvgIpc) is 3.15. The molecule has 2 heterocycles. The SMILES string of the molecule is C=CCN(CC=C)c1nc2c(C)c3c([nH]c4ccc(C(=O)OC)cc43)c(C)c2c(=O)[nH]1. The number of rotatable bonds is 6. The zero-order chi connectivity index (χ0) is 22.3. The first-order chi connectivity index (χ1) is 14.9. The molecule has 7 nitrogen and oxygen atoms in total. The van der Waals surface area contributed by atoms with Crippen LogP contribution in [0.15, 0.2) is 48.3 Å². The van der Waals surface area contributed by atoms with Crippen LogP contribution in [0, 0.1) is 13.8 Å². The number of methoxy groups -OCH3 is 1. The molecule has 7 heteroatoms. The number of aromatic amines is 2. The maximum atomic E-state index is 13.1. The number of anilines is 1. The monoisotopic (exact) mass is 416 g/mol. The molecule has 2 N–H and O–H groups in total. The molecule has 0 aliphatic carbocycles. The summed E-state index contributed by atoms with van der Waals surface area (Å²) < 4.78 is 4.87. The highest BCUT2D eigenvalue weighted by atomic mass is 16.5. The van der Waals surface area contributed by atoms with Gasteiger partial charge in [0, 0.05) is 29.4 Å². The molecule has 0 aliphatic rings. The summed E-state index contributed by atoms with van der Waals surface area (Å²) in [6.07, 6.45) is 3.51. The number of hydrogen-bond donors (Lipinski definition) is 2. The lowest BCUT2D eigenvalue weighted by molar-refractivity contribution is 0.0601. The molecule has 0 amide bonds. The number of ether oxygens (including phenoxy) is 1. The molecule has 4 aromatic rings. The van der Waals surface area contributed by atoms with Gasteiger partial charge in [-0.15, -0.1) is 13.2 Å². The van der Waals surface area contributed by atoms with Crippen molar-refractivity contribution in [2.75, 3.05) is 25.1 Å². The molecule has 0 radical (unpaired) electrons. The van der Waals surface area contributed by atoms with E-state index >= 15 is 0 Å². The van der Waals surface area contributed by atoms with Gasteiger partial charge >= 0.3 is 5.97 Å². The summed E-state index contributed by atoms with van der Waals surface area (Å²) in [5.74, 6) is 0.0713. The van der Waals surface area contributed by atoms with Crippen molar-refractivity contribution in [3.05, 3.63) is 70.6 Å². The van der Waals surface area contributed by atoms with Gasteiger partial charge in [-0.1, -0.05) is 12.2 Å². The number of benzene rings is 2. The molecule has 0 atom stereocenters. The Balaban J connectivity index is 2.09. The quantitative estimate of drug-likeness (QED) is 0.364. The number of aromatic nitrogens is 3. The van der Waals surface area contributed by atoms with E-state index in [2.05, 4.69) is 23.1 Å². The second-order valence-corrected chi connectivity index (χ2v) is 7.47. The van der Waals surface area contributed by atoms with E-state index in [9.17, 15) is 9.59 Å². The summed E-state index contributed by atoms with van der Waals surface area (Å²) in [4.78, 5) is 38.1. The van der Waals surface area contributed by atoms with E-state index in [4.69, 9.17) is 9.72 Å². The first-order valence-corrected chi connectivity index (χ1v) is 9.94. The van der Waals surface area contributed by atoms with Crippen molar-refractivity contribution in [3.63, 3.8) is 0 Å². The number of fused-ring (bicyclic) bond motifs is 4. The van der Waals surface area contributed by atoms with Gasteiger partial charge in [0.25, 0.3) is 5.56 Å². The zero-order valence-corrected chi connectivity index (χ0v) is 17.8. The number of carbonyl (C=O) groups is 1. The Morgan fingerprint density at radius 1 is 1.13 bits per heavy atom. The van der Waals surface area contributed by atoms with Gasteiger partial charge in [-0.25, -0.2) is 9.78 Å². The van der Waals surface area contributed by atoms with Gasteiger partial charge < -0.3 is 14.6 Å². The van der Waals surface area contributed by atoms with Crippen LogP contribution >= 0.6 is 0 Å². The van der Waals surface area contributed by atoms with Crippen molar-refractivity contribution >= 4 is 44.6 Å². The van der Waals surface area contributed by atoms with Gasteiger partial charge in [0.2, 0.25) is 5.95 Å². The van der Waals surface area contributed by atoms with Crippen molar-refractivity contribution in [3.8, 4) is 0 Å². The molecular formula is C24H24N4O3. The molecule has 2 aromatic carbocycles. The zero-order valence-electron chi connectivity index (χ0n) is 17.8. The largest absolute Gasteiger partial charge is 0.465 e. The normalized spacial score (nSPS) is 11.2. The summed E-state index contributed by atoms with van der Waals surface area (Å²) >= 11 is 0. The van der Waals surface area contributed by atoms with Crippen molar-refractivity contribution in [1.82, 2.24) is 15.0 Å². The van der Waals surface area contributed by atoms with Crippen LogP contribution in [0.2, 0.25) is 0 Å². The van der Waals surface area contributed by atoms with Crippen molar-refractivity contribution < 1.29 is 9.53 Å². The van der Waals surface area contributed by atoms with E-state index < -0.39 is 5.97 Å². The molecule has 0 spiro atoms. The fourth-order valence-electron chi connectivity index (χ4n) is 4.14. The molecule has 4 rings (SSSR count). The van der Waals surface area contributed by atoms with E-state index in [1.807, 2.05) is 30.9 Å². The summed E-state index contributed by atoms with van der Waals surface area (Å²) in [5.41, 5.74) is 4.31. The van der Waals surface area contributed by atoms with Gasteiger partial charge in [-0.2, -0.15) is 0 Å². The minimum Gasteiger partial charge on any atom is -0.465 e. The third-order valence-electron chi connectivity index (χ3n) is 5.61. The van der Waals surface area contributed by atoms with Crippen molar-refractivity contribution in [1.29, 1.82) is 0 Å². The predicted octanol–water partition coefficient (Wildman–Crippen LogP) is 4.14. The molecule has 0 saturated heterocycles. The Hall–Kier alpha value is -3.87. The highest BCUT2D eigenvalue weighted by molar-refractivity contribution is 6.16. The van der Waals surface area contributed by atoms with Crippen LogP contribution in [-0.2, 0) is 4.74 Å². The standard InChI is InChI=1S/C24H24N4O3/c1-6-10-28(11-7-2)24-26-21-13(3)18-16-12-15(23(30)31-5)8-9-17(16)25-20(18)14(4)19(21)22(29)27-24/h6-9,12,25H,1-2,10-11H2,3-5H3,(H,26,27,29). The van der Waals surface area contributed by atoms with Gasteiger partial charge in [0.15, 0.2) is 0 Å². The first-order valence-electron chi connectivity index (χ1n) is 9.94. The van der Waals surface area contributed by atoms with E-state index in [0.29, 0.717) is 35.5 Å². The van der Waals surface area contributed by atoms with Crippen LogP contribution in [0.3, 0.4) is 0 Å². The molecule has 0 aliphatic heterocycles. The number of esters is 1. The van der Waals surface area contributed by atoms with Gasteiger partial charge in [0.1, 0.15) is 0 Å². The highest BCUT2D eigenvalue weighted by Crippen LogP contribution is 2.35. The number of aryl methyl sites for hydroxylation is 2. The topological polar surface area (TPSA) is 91.1 Å². The third kappa shape index (κ3) is 3.18. The van der Waals surface area contributed by atoms with Crippen molar-refractivity contribution in [2.24, 2.45) is 0 Å². The number of hydrogen-bond acceptors (Lipinski definition) is 5. The molecule has 31 heavy (non-hydrogen) atoms. The highest BCUT2D eigenvalue weighted by Gasteiger charge is 2.20. The summed E-state index contributed by atoms with van der Waals surface area (Å²) in [6.45, 7) is 12.5. The van der Waals surface area contributed by atoms with Crippen molar-refractivity contribution in [2.45, 2.75) is 13.8 Å². The molecular weight excluding hydrogens is 392 g/mol. The van der Waals surface area contributed by atoms with E-state index in [1.54, 1.807) is 18.2 Å². The number of carbonyl (C=O) groups excluding carboxylic acids is 1. The van der Waals surface area contributed by atoms with E-state index in [-0.39, 0.29) is 5.56 Å². The minimum absolute atomic E-state index is 0.200. The Morgan fingerprint density at radius 2 is 1.84 bits per heavy atom. The summed E-state index contributed by atoms with van der Waals surface area (Å²) in [7, 11) is 1.36. The van der Waals surface area contributed by atoms with Gasteiger partial charge in [0.05, 0.1) is 29.1 Å². The van der Waals surface area contributed by atoms with E-state index in [0.717, 1.165) is 32.9 Å². The fraction of sp³-hybridized carbons (Fsp3) is 0.208.